The Labute approximate surface area is 321 Å². The summed E-state index contributed by atoms with van der Waals surface area (Å²) in [5.41, 5.74) is 5.95. The minimum atomic E-state index is -0.866. The molecule has 5 N–H and O–H groups in total. The number of rotatable bonds is 11. The maximum Gasteiger partial charge on any atom is 0.407 e. The van der Waals surface area contributed by atoms with Crippen molar-refractivity contribution >= 4 is 23.9 Å². The molecular formula is C41H52N10O4. The molecule has 4 aromatic rings. The lowest BCUT2D eigenvalue weighted by molar-refractivity contribution is -0.143. The Morgan fingerprint density at radius 3 is 1.71 bits per heavy atom. The molecule has 3 aliphatic heterocycles. The minimum Gasteiger partial charge on any atom is -0.436 e. The standard InChI is InChI=1S/C41H52N10O4/c1-24(2)34(49-40-43-18-19-44-40)38(52)50-20-6-8-32(50)36-45-22-30(47-36)28-14-10-26(11-15-28)27-12-16-29(17-13-27)31-23-46-37(48-31)33-9-7-21-51(33)39(53)35(25(3)4)55-41(54)42-5/h10-17,22-25,32-35H,6-9,18-21H2,1-5H3,(H,42,54)(H,45,47)(H,46,48)(H2,43,44,49)/t32-,33-,34+,35-/m0/s1. The molecule has 0 aliphatic carbocycles. The molecule has 0 bridgehead atoms. The lowest BCUT2D eigenvalue weighted by Gasteiger charge is -2.30. The van der Waals surface area contributed by atoms with E-state index in [2.05, 4.69) is 98.3 Å². The van der Waals surface area contributed by atoms with Gasteiger partial charge in [0.05, 0.1) is 42.4 Å². The van der Waals surface area contributed by atoms with Crippen LogP contribution in [0.3, 0.4) is 0 Å². The first-order valence-electron chi connectivity index (χ1n) is 19.5. The number of amides is 3. The van der Waals surface area contributed by atoms with Crippen molar-refractivity contribution in [2.45, 2.75) is 77.6 Å². The van der Waals surface area contributed by atoms with Gasteiger partial charge in [-0.25, -0.2) is 14.8 Å². The molecule has 0 radical (unpaired) electrons. The zero-order valence-electron chi connectivity index (χ0n) is 32.3. The van der Waals surface area contributed by atoms with Crippen molar-refractivity contribution < 1.29 is 19.1 Å². The Morgan fingerprint density at radius 2 is 1.25 bits per heavy atom. The lowest BCUT2D eigenvalue weighted by atomic mass is 10.0. The number of benzene rings is 2. The van der Waals surface area contributed by atoms with Gasteiger partial charge in [-0.1, -0.05) is 76.2 Å². The molecule has 2 aromatic heterocycles. The molecule has 55 heavy (non-hydrogen) atoms. The van der Waals surface area contributed by atoms with Crippen LogP contribution in [0.4, 0.5) is 4.79 Å². The fourth-order valence-electron chi connectivity index (χ4n) is 7.76. The van der Waals surface area contributed by atoms with Crippen LogP contribution in [0.1, 0.15) is 77.1 Å². The number of alkyl carbamates (subject to hydrolysis) is 1. The first kappa shape index (κ1) is 37.6. The second kappa shape index (κ2) is 16.4. The van der Waals surface area contributed by atoms with Crippen molar-refractivity contribution in [1.29, 1.82) is 0 Å². The van der Waals surface area contributed by atoms with Crippen LogP contribution in [0.2, 0.25) is 0 Å². The Balaban J connectivity index is 0.994. The normalized spacial score (nSPS) is 19.4. The molecule has 290 valence electrons. The molecule has 0 spiro atoms. The highest BCUT2D eigenvalue weighted by Crippen LogP contribution is 2.35. The van der Waals surface area contributed by atoms with Crippen LogP contribution in [0.5, 0.6) is 0 Å². The van der Waals surface area contributed by atoms with Crippen molar-refractivity contribution in [1.82, 2.24) is 45.7 Å². The van der Waals surface area contributed by atoms with Crippen molar-refractivity contribution in [2.75, 3.05) is 33.2 Å². The number of hydrogen-bond acceptors (Lipinski definition) is 9. The van der Waals surface area contributed by atoms with Gasteiger partial charge in [0, 0.05) is 26.7 Å². The second-order valence-electron chi connectivity index (χ2n) is 15.2. The highest BCUT2D eigenvalue weighted by atomic mass is 16.6. The number of aromatic amines is 2. The fraction of sp³-hybridized carbons (Fsp3) is 0.463. The van der Waals surface area contributed by atoms with Crippen molar-refractivity contribution in [3.8, 4) is 33.6 Å². The minimum absolute atomic E-state index is 0.0772. The fourth-order valence-corrected chi connectivity index (χ4v) is 7.76. The van der Waals surface area contributed by atoms with Crippen LogP contribution in [0.25, 0.3) is 33.6 Å². The molecule has 7 rings (SSSR count). The van der Waals surface area contributed by atoms with Crippen LogP contribution in [0, 0.1) is 11.8 Å². The van der Waals surface area contributed by atoms with Gasteiger partial charge < -0.3 is 40.5 Å². The van der Waals surface area contributed by atoms with Crippen LogP contribution >= 0.6 is 0 Å². The number of aliphatic imine (C=N–C) groups is 1. The number of guanidine groups is 1. The monoisotopic (exact) mass is 748 g/mol. The third kappa shape index (κ3) is 8.08. The molecule has 3 amide bonds. The average molecular weight is 749 g/mol. The summed E-state index contributed by atoms with van der Waals surface area (Å²) in [4.78, 5) is 63.8. The summed E-state index contributed by atoms with van der Waals surface area (Å²) in [6.45, 7) is 10.7. The van der Waals surface area contributed by atoms with E-state index in [-0.39, 0.29) is 41.8 Å². The van der Waals surface area contributed by atoms with Gasteiger partial charge in [0.1, 0.15) is 17.7 Å². The summed E-state index contributed by atoms with van der Waals surface area (Å²) < 4.78 is 5.44. The van der Waals surface area contributed by atoms with Gasteiger partial charge in [0.25, 0.3) is 5.91 Å². The van der Waals surface area contributed by atoms with Gasteiger partial charge in [-0.15, -0.1) is 0 Å². The largest absolute Gasteiger partial charge is 0.436 e. The van der Waals surface area contributed by atoms with Gasteiger partial charge in [0.2, 0.25) is 5.91 Å². The van der Waals surface area contributed by atoms with E-state index in [1.807, 2.05) is 31.1 Å². The van der Waals surface area contributed by atoms with E-state index in [1.54, 1.807) is 4.90 Å². The maximum absolute atomic E-state index is 13.8. The molecule has 14 nitrogen and oxygen atoms in total. The van der Waals surface area contributed by atoms with E-state index in [4.69, 9.17) is 9.72 Å². The highest BCUT2D eigenvalue weighted by molar-refractivity contribution is 5.90. The summed E-state index contributed by atoms with van der Waals surface area (Å²) >= 11 is 0. The summed E-state index contributed by atoms with van der Waals surface area (Å²) in [7, 11) is 1.48. The number of imidazole rings is 2. The molecule has 14 heteroatoms. The van der Waals surface area contributed by atoms with E-state index >= 15 is 0 Å². The smallest absolute Gasteiger partial charge is 0.407 e. The predicted molar refractivity (Wildman–Crippen MR) is 211 cm³/mol. The van der Waals surface area contributed by atoms with Gasteiger partial charge in [0.15, 0.2) is 12.1 Å². The van der Waals surface area contributed by atoms with E-state index in [9.17, 15) is 14.4 Å². The Morgan fingerprint density at radius 1 is 0.745 bits per heavy atom. The molecule has 2 fully saturated rings. The number of nitrogens with zero attached hydrogens (tertiary/aromatic N) is 5. The molecule has 2 aromatic carbocycles. The summed E-state index contributed by atoms with van der Waals surface area (Å²) in [5, 5.41) is 9.00. The molecular weight excluding hydrogens is 697 g/mol. The van der Waals surface area contributed by atoms with Gasteiger partial charge in [-0.3, -0.25) is 14.6 Å². The highest BCUT2D eigenvalue weighted by Gasteiger charge is 2.39. The molecule has 4 atom stereocenters. The van der Waals surface area contributed by atoms with Crippen LogP contribution in [0.15, 0.2) is 65.9 Å². The lowest BCUT2D eigenvalue weighted by Crippen LogP contribution is -2.53. The SMILES string of the molecule is CNC(=O)O[C@H](C(=O)N1CCC[C@H]1c1ncc(-c2ccc(-c3ccc(-c4cnc([C@@H]5CCCN5C(=O)[C@H](NC5=NCCN5)C(C)C)[nH]4)cc3)cc2)[nH]1)C(C)C. The Bertz CT molecular complexity index is 2000. The first-order valence-corrected chi connectivity index (χ1v) is 19.5. The Hall–Kier alpha value is -5.66. The maximum atomic E-state index is 13.8. The first-order chi connectivity index (χ1) is 26.6. The molecule has 0 unspecified atom stereocenters. The van der Waals surface area contributed by atoms with Gasteiger partial charge in [-0.05, 0) is 59.8 Å². The molecule has 0 saturated carbocycles. The zero-order chi connectivity index (χ0) is 38.6. The number of likely N-dealkylation sites (tertiary alicyclic amines) is 2. The summed E-state index contributed by atoms with van der Waals surface area (Å²) in [6, 6.07) is 16.0. The van der Waals surface area contributed by atoms with Gasteiger partial charge in [-0.2, -0.15) is 0 Å². The number of carbonyl (C=O) groups is 3. The number of aromatic nitrogens is 4. The number of hydrogen-bond donors (Lipinski definition) is 5. The summed E-state index contributed by atoms with van der Waals surface area (Å²) in [5.74, 6) is 2.04. The van der Waals surface area contributed by atoms with Crippen molar-refractivity contribution in [2.24, 2.45) is 16.8 Å². The zero-order valence-corrected chi connectivity index (χ0v) is 32.3. The van der Waals surface area contributed by atoms with Crippen LogP contribution < -0.4 is 16.0 Å². The third-order valence-electron chi connectivity index (χ3n) is 10.8. The third-order valence-corrected chi connectivity index (χ3v) is 10.8. The molecule has 3 aliphatic rings. The topological polar surface area (TPSA) is 173 Å². The van der Waals surface area contributed by atoms with Crippen LogP contribution in [-0.2, 0) is 14.3 Å². The number of carbonyl (C=O) groups excluding carboxylic acids is 3. The van der Waals surface area contributed by atoms with E-state index in [0.717, 1.165) is 84.1 Å². The van der Waals surface area contributed by atoms with Gasteiger partial charge >= 0.3 is 6.09 Å². The molecule has 5 heterocycles. The Kier molecular flexibility index (Phi) is 11.2. The number of nitrogens with one attached hydrogen (secondary N) is 5. The molecule has 2 saturated heterocycles. The quantitative estimate of drug-likeness (QED) is 0.135. The summed E-state index contributed by atoms with van der Waals surface area (Å²) in [6.07, 6.45) is 5.61. The number of ether oxygens (including phenoxy) is 1. The second-order valence-corrected chi connectivity index (χ2v) is 15.2. The van der Waals surface area contributed by atoms with Crippen molar-refractivity contribution in [3.05, 3.63) is 72.6 Å². The van der Waals surface area contributed by atoms with Crippen molar-refractivity contribution in [3.63, 3.8) is 0 Å². The number of H-pyrrole nitrogens is 2. The average Bonchev–Trinajstić information content (AvgIpc) is 4.05. The van der Waals surface area contributed by atoms with Crippen LogP contribution in [-0.4, -0.2) is 99.0 Å². The van der Waals surface area contributed by atoms with E-state index < -0.39 is 12.2 Å². The predicted octanol–water partition coefficient (Wildman–Crippen LogP) is 5.41. The van der Waals surface area contributed by atoms with E-state index in [0.29, 0.717) is 19.0 Å². The van der Waals surface area contributed by atoms with E-state index in [1.165, 1.54) is 7.05 Å².